The molecule has 0 atom stereocenters. The highest BCUT2D eigenvalue weighted by Gasteiger charge is 2.20. The molecule has 0 saturated carbocycles. The molecule has 5 nitrogen and oxygen atoms in total. The number of benzene rings is 4. The van der Waals surface area contributed by atoms with Gasteiger partial charge in [0.05, 0.1) is 6.54 Å². The number of likely N-dealkylation sites (N-methyl/N-ethyl adjacent to an activating group) is 1. The van der Waals surface area contributed by atoms with E-state index in [1.165, 1.54) is 0 Å². The van der Waals surface area contributed by atoms with Crippen LogP contribution in [-0.4, -0.2) is 28.5 Å². The zero-order valence-electron chi connectivity index (χ0n) is 24.4. The minimum Gasteiger partial charge on any atom is -0.338 e. The van der Waals surface area contributed by atoms with E-state index in [0.717, 1.165) is 44.9 Å². The molecule has 208 valence electrons. The number of hydrogen-bond donors (Lipinski definition) is 0. The van der Waals surface area contributed by atoms with Crippen molar-refractivity contribution in [3.8, 4) is 22.8 Å². The smallest absolute Gasteiger partial charge is 0.229 e. The zero-order valence-corrected chi connectivity index (χ0v) is 24.4. The molecule has 0 unspecified atom stereocenters. The van der Waals surface area contributed by atoms with Crippen molar-refractivity contribution in [2.24, 2.45) is 0 Å². The van der Waals surface area contributed by atoms with Gasteiger partial charge in [-0.25, -0.2) is 4.98 Å². The molecule has 1 heterocycles. The average Bonchev–Trinajstić information content (AvgIpc) is 3.03. The molecular weight excluding hydrogens is 514 g/mol. The summed E-state index contributed by atoms with van der Waals surface area (Å²) in [4.78, 5) is 18.8. The van der Waals surface area contributed by atoms with E-state index in [9.17, 15) is 0 Å². The lowest BCUT2D eigenvalue weighted by molar-refractivity contribution is 0.884. The SMILES string of the molecule is C=C(/C=C\C)c1ccc(N(C(=C)CN(C)c2nc(-c3ccccc3)nc(-c3ccccc3)n2)c2ccccc2)c(C)c1. The monoisotopic (exact) mass is 549 g/mol. The summed E-state index contributed by atoms with van der Waals surface area (Å²) in [5.41, 5.74) is 8.05. The van der Waals surface area contributed by atoms with Gasteiger partial charge >= 0.3 is 0 Å². The minimum atomic E-state index is 0.494. The molecule has 0 bridgehead atoms. The fourth-order valence-electron chi connectivity index (χ4n) is 4.86. The first-order valence-corrected chi connectivity index (χ1v) is 14.0. The molecule has 0 saturated heterocycles. The Kier molecular flexibility index (Phi) is 8.69. The van der Waals surface area contributed by atoms with Crippen molar-refractivity contribution < 1.29 is 0 Å². The van der Waals surface area contributed by atoms with E-state index in [0.29, 0.717) is 24.1 Å². The summed E-state index contributed by atoms with van der Waals surface area (Å²) >= 11 is 0. The van der Waals surface area contributed by atoms with E-state index in [1.807, 2.05) is 110 Å². The number of para-hydroxylation sites is 1. The van der Waals surface area contributed by atoms with Gasteiger partial charge in [-0.15, -0.1) is 0 Å². The lowest BCUT2D eigenvalue weighted by Gasteiger charge is -2.31. The van der Waals surface area contributed by atoms with Crippen molar-refractivity contribution in [2.75, 3.05) is 23.4 Å². The van der Waals surface area contributed by atoms with Crippen molar-refractivity contribution in [1.29, 1.82) is 0 Å². The van der Waals surface area contributed by atoms with Crippen LogP contribution in [0.3, 0.4) is 0 Å². The second kappa shape index (κ2) is 12.9. The second-order valence-electron chi connectivity index (χ2n) is 10.1. The highest BCUT2D eigenvalue weighted by atomic mass is 15.3. The van der Waals surface area contributed by atoms with Crippen LogP contribution in [0, 0.1) is 6.92 Å². The lowest BCUT2D eigenvalue weighted by atomic mass is 10.0. The van der Waals surface area contributed by atoms with Crippen LogP contribution in [0.1, 0.15) is 18.1 Å². The number of nitrogens with zero attached hydrogens (tertiary/aromatic N) is 5. The van der Waals surface area contributed by atoms with Crippen LogP contribution in [0.25, 0.3) is 28.3 Å². The van der Waals surface area contributed by atoms with E-state index in [1.54, 1.807) is 0 Å². The summed E-state index contributed by atoms with van der Waals surface area (Å²) in [5.74, 6) is 1.83. The molecule has 0 aliphatic rings. The van der Waals surface area contributed by atoms with E-state index in [2.05, 4.69) is 55.3 Å². The van der Waals surface area contributed by atoms with Gasteiger partial charge in [-0.05, 0) is 54.8 Å². The third kappa shape index (κ3) is 6.37. The minimum absolute atomic E-state index is 0.494. The number of aromatic nitrogens is 3. The largest absolute Gasteiger partial charge is 0.338 e. The second-order valence-corrected chi connectivity index (χ2v) is 10.1. The first kappa shape index (κ1) is 28.2. The van der Waals surface area contributed by atoms with Gasteiger partial charge in [-0.1, -0.05) is 110 Å². The molecule has 0 radical (unpaired) electrons. The van der Waals surface area contributed by atoms with Gasteiger partial charge in [0.2, 0.25) is 5.95 Å². The summed E-state index contributed by atoms with van der Waals surface area (Å²) in [6.07, 6.45) is 4.03. The molecule has 5 rings (SSSR count). The van der Waals surface area contributed by atoms with Crippen molar-refractivity contribution in [2.45, 2.75) is 13.8 Å². The zero-order chi connectivity index (χ0) is 29.5. The van der Waals surface area contributed by atoms with E-state index < -0.39 is 0 Å². The van der Waals surface area contributed by atoms with Crippen LogP contribution in [-0.2, 0) is 0 Å². The highest BCUT2D eigenvalue weighted by molar-refractivity contribution is 5.77. The van der Waals surface area contributed by atoms with Crippen molar-refractivity contribution in [3.05, 3.63) is 151 Å². The third-order valence-electron chi connectivity index (χ3n) is 6.96. The topological polar surface area (TPSA) is 45.2 Å². The fourth-order valence-corrected chi connectivity index (χ4v) is 4.86. The standard InChI is InChI=1S/C37H35N5/c1-6-16-27(2)32-23-24-34(28(3)25-32)42(33-21-14-9-15-22-33)29(4)26-41(5)37-39-35(30-17-10-7-11-18-30)38-36(40-37)31-19-12-8-13-20-31/h6-25H,2,4,26H2,1,3,5H3/b16-6-. The van der Waals surface area contributed by atoms with Crippen LogP contribution in [0.15, 0.2) is 140 Å². The van der Waals surface area contributed by atoms with Gasteiger partial charge in [-0.3, -0.25) is 0 Å². The molecule has 42 heavy (non-hydrogen) atoms. The van der Waals surface area contributed by atoms with Crippen LogP contribution in [0.5, 0.6) is 0 Å². The summed E-state index contributed by atoms with van der Waals surface area (Å²) in [7, 11) is 1.99. The maximum absolute atomic E-state index is 4.88. The number of hydrogen-bond acceptors (Lipinski definition) is 5. The Morgan fingerprint density at radius 2 is 1.29 bits per heavy atom. The number of aryl methyl sites for hydroxylation is 1. The Labute approximate surface area is 248 Å². The maximum Gasteiger partial charge on any atom is 0.229 e. The lowest BCUT2D eigenvalue weighted by Crippen LogP contribution is -2.29. The van der Waals surface area contributed by atoms with E-state index in [-0.39, 0.29) is 0 Å². The predicted octanol–water partition coefficient (Wildman–Crippen LogP) is 8.89. The van der Waals surface area contributed by atoms with Gasteiger partial charge < -0.3 is 9.80 Å². The summed E-state index contributed by atoms with van der Waals surface area (Å²) in [6, 6.07) is 36.7. The molecule has 0 aliphatic heterocycles. The van der Waals surface area contributed by atoms with E-state index in [4.69, 9.17) is 15.0 Å². The molecule has 5 aromatic rings. The number of allylic oxidation sites excluding steroid dienone is 3. The van der Waals surface area contributed by atoms with Crippen molar-refractivity contribution in [3.63, 3.8) is 0 Å². The van der Waals surface area contributed by atoms with Gasteiger partial charge in [0.1, 0.15) is 0 Å². The van der Waals surface area contributed by atoms with Crippen LogP contribution in [0.2, 0.25) is 0 Å². The van der Waals surface area contributed by atoms with Gasteiger partial charge in [0.15, 0.2) is 11.6 Å². The summed E-state index contributed by atoms with van der Waals surface area (Å²) < 4.78 is 0. The molecule has 0 N–H and O–H groups in total. The molecule has 0 aliphatic carbocycles. The van der Waals surface area contributed by atoms with Crippen LogP contribution in [0.4, 0.5) is 17.3 Å². The molecule has 5 heteroatoms. The van der Waals surface area contributed by atoms with Gasteiger partial charge in [0, 0.05) is 35.2 Å². The van der Waals surface area contributed by atoms with Crippen molar-refractivity contribution >= 4 is 22.9 Å². The third-order valence-corrected chi connectivity index (χ3v) is 6.96. The van der Waals surface area contributed by atoms with Gasteiger partial charge in [-0.2, -0.15) is 9.97 Å². The molecule has 4 aromatic carbocycles. The Bertz CT molecular complexity index is 1650. The molecular formula is C37H35N5. The van der Waals surface area contributed by atoms with Crippen molar-refractivity contribution in [1.82, 2.24) is 15.0 Å². The van der Waals surface area contributed by atoms with E-state index >= 15 is 0 Å². The molecule has 0 amide bonds. The number of rotatable bonds is 10. The number of anilines is 3. The molecule has 0 spiro atoms. The normalized spacial score (nSPS) is 10.9. The Balaban J connectivity index is 1.51. The molecule has 0 fully saturated rings. The Morgan fingerprint density at radius 1 is 0.738 bits per heavy atom. The predicted molar refractivity (Wildman–Crippen MR) is 177 cm³/mol. The first-order valence-electron chi connectivity index (χ1n) is 14.0. The summed E-state index contributed by atoms with van der Waals surface area (Å²) in [5, 5.41) is 0. The quantitative estimate of drug-likeness (QED) is 0.163. The Morgan fingerprint density at radius 3 is 1.81 bits per heavy atom. The van der Waals surface area contributed by atoms with Gasteiger partial charge in [0.25, 0.3) is 0 Å². The van der Waals surface area contributed by atoms with Crippen LogP contribution >= 0.6 is 0 Å². The molecule has 1 aromatic heterocycles. The maximum atomic E-state index is 4.88. The highest BCUT2D eigenvalue weighted by Crippen LogP contribution is 2.34. The Hall–Kier alpha value is -5.29. The summed E-state index contributed by atoms with van der Waals surface area (Å²) in [6.45, 7) is 13.4. The average molecular weight is 550 g/mol. The van der Waals surface area contributed by atoms with Crippen LogP contribution < -0.4 is 9.80 Å². The fraction of sp³-hybridized carbons (Fsp3) is 0.108. The first-order chi connectivity index (χ1) is 20.4.